The molecule has 0 atom stereocenters. The summed E-state index contributed by atoms with van der Waals surface area (Å²) < 4.78 is 12.0. The lowest BCUT2D eigenvalue weighted by Gasteiger charge is -2.14. The Morgan fingerprint density at radius 3 is 2.67 bits per heavy atom. The van der Waals surface area contributed by atoms with E-state index in [1.807, 2.05) is 49.4 Å². The number of thioether (sulfide) groups is 1. The summed E-state index contributed by atoms with van der Waals surface area (Å²) in [7, 11) is 0. The molecule has 0 spiro atoms. The summed E-state index contributed by atoms with van der Waals surface area (Å²) in [4.78, 5) is 28.7. The number of aromatic carboxylic acids is 1. The zero-order chi connectivity index (χ0) is 27.4. The highest BCUT2D eigenvalue weighted by Crippen LogP contribution is 2.34. The number of hydrogen-bond acceptors (Lipinski definition) is 6. The fourth-order valence-electron chi connectivity index (χ4n) is 4.07. The highest BCUT2D eigenvalue weighted by atomic mass is 35.5. The van der Waals surface area contributed by atoms with E-state index in [4.69, 9.17) is 21.1 Å². The molecule has 1 aliphatic rings. The van der Waals surface area contributed by atoms with Crippen molar-refractivity contribution >= 4 is 62.9 Å². The number of halogens is 1. The first-order valence-corrected chi connectivity index (χ1v) is 13.3. The molecule has 1 heterocycles. The fraction of sp³-hybridized carbons (Fsp3) is 0.100. The van der Waals surface area contributed by atoms with Crippen LogP contribution in [0.5, 0.6) is 11.5 Å². The molecule has 1 saturated heterocycles. The monoisotopic (exact) mass is 558 g/mol. The van der Waals surface area contributed by atoms with Crippen LogP contribution in [0.4, 0.5) is 5.69 Å². The quantitative estimate of drug-likeness (QED) is 0.225. The second-order valence-electron chi connectivity index (χ2n) is 8.52. The number of ether oxygens (including phenoxy) is 2. The largest absolute Gasteiger partial charge is 0.490 e. The van der Waals surface area contributed by atoms with Crippen LogP contribution in [0.1, 0.15) is 28.4 Å². The Morgan fingerprint density at radius 1 is 1.03 bits per heavy atom. The molecule has 39 heavy (non-hydrogen) atoms. The molecule has 5 rings (SSSR count). The minimum Gasteiger partial charge on any atom is -0.490 e. The number of nitrogens with one attached hydrogen (secondary N) is 1. The van der Waals surface area contributed by atoms with Crippen LogP contribution in [0.15, 0.2) is 88.8 Å². The summed E-state index contributed by atoms with van der Waals surface area (Å²) in [5.41, 5.74) is 2.14. The molecule has 196 valence electrons. The van der Waals surface area contributed by atoms with Gasteiger partial charge in [0.2, 0.25) is 0 Å². The van der Waals surface area contributed by atoms with Gasteiger partial charge in [0.1, 0.15) is 6.61 Å². The maximum Gasteiger partial charge on any atom is 0.337 e. The molecule has 1 fully saturated rings. The van der Waals surface area contributed by atoms with Gasteiger partial charge in [0.15, 0.2) is 16.7 Å². The number of hydrogen-bond donors (Lipinski definition) is 2. The van der Waals surface area contributed by atoms with Gasteiger partial charge in [0, 0.05) is 0 Å². The molecular weight excluding hydrogens is 536 g/mol. The van der Waals surface area contributed by atoms with Gasteiger partial charge in [-0.2, -0.15) is 0 Å². The van der Waals surface area contributed by atoms with E-state index in [2.05, 4.69) is 28.5 Å². The normalized spacial score (nSPS) is 15.1. The standard InChI is InChI=1S/C30H23ClN2O5S/c1-2-37-26-14-18(10-13-25(26)38-17-20-8-5-7-19-6-3-4-9-22(19)20)15-27-28(34)33-30(39-27)32-21-11-12-24(31)23(16-21)29(35)36/h3-16H,2,17H2,1H3,(H,35,36)(H,32,33,34). The van der Waals surface area contributed by atoms with Gasteiger partial charge < -0.3 is 19.9 Å². The second-order valence-corrected chi connectivity index (χ2v) is 9.96. The highest BCUT2D eigenvalue weighted by Gasteiger charge is 2.24. The minimum atomic E-state index is -1.15. The van der Waals surface area contributed by atoms with E-state index in [0.29, 0.717) is 40.5 Å². The third-order valence-corrected chi connectivity index (χ3v) is 7.13. The smallest absolute Gasteiger partial charge is 0.337 e. The first kappa shape index (κ1) is 26.3. The maximum absolute atomic E-state index is 12.6. The predicted octanol–water partition coefficient (Wildman–Crippen LogP) is 7.06. The van der Waals surface area contributed by atoms with E-state index in [1.54, 1.807) is 12.1 Å². The van der Waals surface area contributed by atoms with Crippen molar-refractivity contribution in [1.82, 2.24) is 5.32 Å². The summed E-state index contributed by atoms with van der Waals surface area (Å²) >= 11 is 7.09. The van der Waals surface area contributed by atoms with Crippen LogP contribution in [-0.4, -0.2) is 28.8 Å². The van der Waals surface area contributed by atoms with E-state index in [9.17, 15) is 14.7 Å². The SMILES string of the molecule is CCOc1cc(C=C2SC(=Nc3ccc(Cl)c(C(=O)O)c3)NC2=O)ccc1OCc1cccc2ccccc12. The lowest BCUT2D eigenvalue weighted by Crippen LogP contribution is -2.19. The van der Waals surface area contributed by atoms with Crippen LogP contribution >= 0.6 is 23.4 Å². The summed E-state index contributed by atoms with van der Waals surface area (Å²) in [6, 6.07) is 24.2. The van der Waals surface area contributed by atoms with Gasteiger partial charge in [-0.3, -0.25) is 4.79 Å². The number of carbonyl (C=O) groups excluding carboxylic acids is 1. The number of carboxylic acids is 1. The van der Waals surface area contributed by atoms with Crippen LogP contribution < -0.4 is 14.8 Å². The highest BCUT2D eigenvalue weighted by molar-refractivity contribution is 8.18. The van der Waals surface area contributed by atoms with Gasteiger partial charge in [-0.1, -0.05) is 60.1 Å². The number of benzene rings is 4. The van der Waals surface area contributed by atoms with Gasteiger partial charge in [0.05, 0.1) is 27.8 Å². The Bertz CT molecular complexity index is 1640. The molecule has 0 radical (unpaired) electrons. The lowest BCUT2D eigenvalue weighted by molar-refractivity contribution is -0.115. The van der Waals surface area contributed by atoms with Crippen molar-refractivity contribution in [1.29, 1.82) is 0 Å². The van der Waals surface area contributed by atoms with E-state index in [0.717, 1.165) is 33.7 Å². The van der Waals surface area contributed by atoms with E-state index >= 15 is 0 Å². The molecule has 9 heteroatoms. The number of fused-ring (bicyclic) bond motifs is 1. The topological polar surface area (TPSA) is 97.2 Å². The number of amidine groups is 1. The zero-order valence-corrected chi connectivity index (χ0v) is 22.4. The molecule has 0 saturated carbocycles. The Hall–Kier alpha value is -4.27. The fourth-order valence-corrected chi connectivity index (χ4v) is 5.11. The Morgan fingerprint density at radius 2 is 1.85 bits per heavy atom. The van der Waals surface area contributed by atoms with Gasteiger partial charge >= 0.3 is 5.97 Å². The van der Waals surface area contributed by atoms with Crippen molar-refractivity contribution in [3.8, 4) is 11.5 Å². The average Bonchev–Trinajstić information content (AvgIpc) is 3.27. The van der Waals surface area contributed by atoms with Crippen molar-refractivity contribution in [3.63, 3.8) is 0 Å². The molecule has 0 aromatic heterocycles. The Balaban J connectivity index is 1.34. The van der Waals surface area contributed by atoms with E-state index in [-0.39, 0.29) is 16.5 Å². The predicted molar refractivity (Wildman–Crippen MR) is 155 cm³/mol. The van der Waals surface area contributed by atoms with E-state index in [1.165, 1.54) is 12.1 Å². The number of amides is 1. The Labute approximate surface area is 234 Å². The third-order valence-electron chi connectivity index (χ3n) is 5.89. The van der Waals surface area contributed by atoms with Crippen molar-refractivity contribution in [2.45, 2.75) is 13.5 Å². The second kappa shape index (κ2) is 11.6. The molecule has 2 N–H and O–H groups in total. The molecule has 1 amide bonds. The van der Waals surface area contributed by atoms with Crippen molar-refractivity contribution in [2.75, 3.05) is 6.61 Å². The van der Waals surface area contributed by atoms with Gasteiger partial charge in [0.25, 0.3) is 5.91 Å². The molecule has 4 aromatic rings. The maximum atomic E-state index is 12.6. The third kappa shape index (κ3) is 6.08. The Kier molecular flexibility index (Phi) is 7.86. The molecular formula is C30H23ClN2O5S. The number of carboxylic acid groups (broad SMARTS) is 1. The first-order valence-electron chi connectivity index (χ1n) is 12.1. The molecule has 7 nitrogen and oxygen atoms in total. The summed E-state index contributed by atoms with van der Waals surface area (Å²) in [6.07, 6.45) is 1.74. The zero-order valence-electron chi connectivity index (χ0n) is 20.8. The van der Waals surface area contributed by atoms with E-state index < -0.39 is 5.97 Å². The van der Waals surface area contributed by atoms with Gasteiger partial charge in [-0.05, 0) is 77.0 Å². The van der Waals surface area contributed by atoms with Gasteiger partial charge in [-0.15, -0.1) is 0 Å². The molecule has 0 bridgehead atoms. The number of carbonyl (C=O) groups is 2. The number of aliphatic imine (C=N–C) groups is 1. The van der Waals surface area contributed by atoms with Crippen molar-refractivity contribution < 1.29 is 24.2 Å². The summed E-state index contributed by atoms with van der Waals surface area (Å²) in [6.45, 7) is 2.74. The first-order chi connectivity index (χ1) is 18.9. The van der Waals surface area contributed by atoms with Crippen molar-refractivity contribution in [3.05, 3.63) is 105 Å². The van der Waals surface area contributed by atoms with Crippen LogP contribution in [-0.2, 0) is 11.4 Å². The molecule has 1 aliphatic heterocycles. The molecule has 4 aromatic carbocycles. The average molecular weight is 559 g/mol. The number of nitrogens with zero attached hydrogens (tertiary/aromatic N) is 1. The van der Waals surface area contributed by atoms with Crippen molar-refractivity contribution in [2.24, 2.45) is 4.99 Å². The van der Waals surface area contributed by atoms with Crippen LogP contribution in [0.25, 0.3) is 16.8 Å². The van der Waals surface area contributed by atoms with Crippen LogP contribution in [0.3, 0.4) is 0 Å². The molecule has 0 unspecified atom stereocenters. The lowest BCUT2D eigenvalue weighted by atomic mass is 10.1. The van der Waals surface area contributed by atoms with Gasteiger partial charge in [-0.25, -0.2) is 9.79 Å². The minimum absolute atomic E-state index is 0.0604. The summed E-state index contributed by atoms with van der Waals surface area (Å²) in [5, 5.41) is 14.7. The molecule has 0 aliphatic carbocycles. The van der Waals surface area contributed by atoms with Crippen LogP contribution in [0.2, 0.25) is 5.02 Å². The number of rotatable bonds is 8. The summed E-state index contributed by atoms with van der Waals surface area (Å²) in [5.74, 6) is -0.276. The van der Waals surface area contributed by atoms with Crippen LogP contribution in [0, 0.1) is 0 Å².